The average molecular weight is 343 g/mol. The van der Waals surface area contributed by atoms with Crippen molar-refractivity contribution in [1.29, 1.82) is 0 Å². The zero-order chi connectivity index (χ0) is 16.6. The van der Waals surface area contributed by atoms with E-state index in [2.05, 4.69) is 27.4 Å². The van der Waals surface area contributed by atoms with Crippen LogP contribution in [-0.2, 0) is 21.6 Å². The summed E-state index contributed by atoms with van der Waals surface area (Å²) in [6.45, 7) is 2.74. The fraction of sp³-hybridized carbons (Fsp3) is 0.444. The molecule has 3 heterocycles. The molecule has 6 heteroatoms. The van der Waals surface area contributed by atoms with Crippen LogP contribution in [0.2, 0.25) is 0 Å². The number of likely N-dealkylation sites (tertiary alicyclic amines) is 1. The second kappa shape index (κ2) is 6.27. The lowest BCUT2D eigenvalue weighted by Gasteiger charge is -2.54. The molecule has 0 spiro atoms. The van der Waals surface area contributed by atoms with Crippen molar-refractivity contribution in [3.05, 3.63) is 52.5 Å². The molecule has 2 saturated heterocycles. The van der Waals surface area contributed by atoms with Gasteiger partial charge in [0.2, 0.25) is 5.91 Å². The minimum atomic E-state index is -0.366. The number of fused-ring (bicyclic) bond motifs is 1. The summed E-state index contributed by atoms with van der Waals surface area (Å²) in [5.74, 6) is 0.0584. The number of hydrogen-bond donors (Lipinski definition) is 0. The Balaban J connectivity index is 1.63. The van der Waals surface area contributed by atoms with Gasteiger partial charge < -0.3 is 9.64 Å². The molecule has 1 aromatic heterocycles. The summed E-state index contributed by atoms with van der Waals surface area (Å²) < 4.78 is 6.02. The first kappa shape index (κ1) is 15.7. The summed E-state index contributed by atoms with van der Waals surface area (Å²) in [5, 5.41) is 2.09. The van der Waals surface area contributed by atoms with Gasteiger partial charge in [-0.3, -0.25) is 9.69 Å². The van der Waals surface area contributed by atoms with Gasteiger partial charge in [-0.15, -0.1) is 11.3 Å². The maximum Gasteiger partial charge on any atom is 0.249 e. The molecule has 1 aromatic carbocycles. The van der Waals surface area contributed by atoms with Gasteiger partial charge in [0.15, 0.2) is 0 Å². The second-order valence-electron chi connectivity index (χ2n) is 6.51. The third-order valence-electron chi connectivity index (χ3n) is 5.29. The van der Waals surface area contributed by atoms with Crippen molar-refractivity contribution in [1.82, 2.24) is 14.8 Å². The highest BCUT2D eigenvalue weighted by molar-refractivity contribution is 7.07. The van der Waals surface area contributed by atoms with E-state index in [0.717, 1.165) is 31.7 Å². The zero-order valence-electron chi connectivity index (χ0n) is 13.7. The fourth-order valence-corrected chi connectivity index (χ4v) is 4.52. The third-order valence-corrected chi connectivity index (χ3v) is 5.92. The Morgan fingerprint density at radius 1 is 1.38 bits per heavy atom. The summed E-state index contributed by atoms with van der Waals surface area (Å²) in [7, 11) is 1.92. The minimum Gasteiger partial charge on any atom is -0.364 e. The predicted octanol–water partition coefficient (Wildman–Crippen LogP) is 2.10. The predicted molar refractivity (Wildman–Crippen MR) is 92.6 cm³/mol. The van der Waals surface area contributed by atoms with E-state index >= 15 is 0 Å². The van der Waals surface area contributed by atoms with E-state index < -0.39 is 0 Å². The molecule has 1 amide bonds. The van der Waals surface area contributed by atoms with Gasteiger partial charge in [0.05, 0.1) is 22.8 Å². The Hall–Kier alpha value is -1.76. The number of morpholine rings is 1. The standard InChI is InChI=1S/C18H21N3O2S/c1-20-17(22)11-23-16-10-21(9-15-12-24-13-19-15)8-7-18(16,20)14-5-3-2-4-6-14/h2-6,12-13,16H,7-11H2,1H3/t16-,18+/m1/s1. The minimum absolute atomic E-state index is 0.0185. The summed E-state index contributed by atoms with van der Waals surface area (Å²) in [5.41, 5.74) is 3.78. The lowest BCUT2D eigenvalue weighted by molar-refractivity contribution is -0.183. The molecule has 5 nitrogen and oxygen atoms in total. The van der Waals surface area contributed by atoms with E-state index in [1.807, 2.05) is 35.7 Å². The van der Waals surface area contributed by atoms with Crippen molar-refractivity contribution in [3.63, 3.8) is 0 Å². The topological polar surface area (TPSA) is 45.7 Å². The molecule has 2 aliphatic rings. The van der Waals surface area contributed by atoms with Gasteiger partial charge in [-0.2, -0.15) is 0 Å². The molecular weight excluding hydrogens is 322 g/mol. The lowest BCUT2D eigenvalue weighted by atomic mass is 9.76. The SMILES string of the molecule is CN1C(=O)CO[C@@H]2CN(Cc3cscn3)CC[C@]21c1ccccc1. The van der Waals surface area contributed by atoms with Crippen LogP contribution in [0.15, 0.2) is 41.2 Å². The largest absolute Gasteiger partial charge is 0.364 e. The highest BCUT2D eigenvalue weighted by Gasteiger charge is 2.52. The number of ether oxygens (including phenoxy) is 1. The van der Waals surface area contributed by atoms with Gasteiger partial charge in [0, 0.05) is 32.1 Å². The van der Waals surface area contributed by atoms with Crippen LogP contribution >= 0.6 is 11.3 Å². The van der Waals surface area contributed by atoms with Crippen LogP contribution in [-0.4, -0.2) is 53.5 Å². The molecule has 0 N–H and O–H groups in total. The van der Waals surface area contributed by atoms with E-state index in [0.29, 0.717) is 0 Å². The lowest BCUT2D eigenvalue weighted by Crippen LogP contribution is -2.66. The molecule has 0 unspecified atom stereocenters. The molecule has 4 rings (SSSR count). The summed E-state index contributed by atoms with van der Waals surface area (Å²) in [4.78, 5) is 21.0. The maximum absolute atomic E-state index is 12.3. The van der Waals surface area contributed by atoms with Crippen LogP contribution in [0, 0.1) is 0 Å². The summed E-state index contributed by atoms with van der Waals surface area (Å²) in [6, 6.07) is 10.3. The Kier molecular flexibility index (Phi) is 4.12. The van der Waals surface area contributed by atoms with Gasteiger partial charge in [0.25, 0.3) is 0 Å². The van der Waals surface area contributed by atoms with Crippen LogP contribution in [0.4, 0.5) is 0 Å². The molecule has 0 saturated carbocycles. The number of aromatic nitrogens is 1. The Labute approximate surface area is 145 Å². The van der Waals surface area contributed by atoms with Crippen molar-refractivity contribution >= 4 is 17.2 Å². The molecule has 0 aliphatic carbocycles. The van der Waals surface area contributed by atoms with Crippen LogP contribution in [0.5, 0.6) is 0 Å². The normalized spacial score (nSPS) is 28.0. The number of thiazole rings is 1. The smallest absolute Gasteiger partial charge is 0.249 e. The van der Waals surface area contributed by atoms with Crippen LogP contribution in [0.1, 0.15) is 17.7 Å². The monoisotopic (exact) mass is 343 g/mol. The number of carbonyl (C=O) groups excluding carboxylic acids is 1. The van der Waals surface area contributed by atoms with Gasteiger partial charge in [-0.25, -0.2) is 4.98 Å². The first-order valence-corrected chi connectivity index (χ1v) is 9.17. The van der Waals surface area contributed by atoms with Crippen LogP contribution in [0.25, 0.3) is 0 Å². The molecular formula is C18H21N3O2S. The number of carbonyl (C=O) groups is 1. The van der Waals surface area contributed by atoms with Gasteiger partial charge in [-0.05, 0) is 12.0 Å². The molecule has 0 bridgehead atoms. The zero-order valence-corrected chi connectivity index (χ0v) is 14.5. The van der Waals surface area contributed by atoms with Crippen molar-refractivity contribution in [2.75, 3.05) is 26.7 Å². The van der Waals surface area contributed by atoms with Crippen molar-refractivity contribution < 1.29 is 9.53 Å². The van der Waals surface area contributed by atoms with Crippen LogP contribution < -0.4 is 0 Å². The highest BCUT2D eigenvalue weighted by atomic mass is 32.1. The number of piperidine rings is 1. The third kappa shape index (κ3) is 2.55. The number of nitrogens with zero attached hydrogens (tertiary/aromatic N) is 3. The van der Waals surface area contributed by atoms with Gasteiger partial charge in [-0.1, -0.05) is 30.3 Å². The molecule has 2 fully saturated rings. The van der Waals surface area contributed by atoms with Gasteiger partial charge in [0.1, 0.15) is 6.61 Å². The molecule has 2 atom stereocenters. The first-order valence-electron chi connectivity index (χ1n) is 8.23. The summed E-state index contributed by atoms with van der Waals surface area (Å²) >= 11 is 1.63. The Bertz CT molecular complexity index is 706. The molecule has 0 radical (unpaired) electrons. The van der Waals surface area contributed by atoms with Crippen LogP contribution in [0.3, 0.4) is 0 Å². The Morgan fingerprint density at radius 2 is 2.21 bits per heavy atom. The van der Waals surface area contributed by atoms with Gasteiger partial charge >= 0.3 is 0 Å². The van der Waals surface area contributed by atoms with E-state index in [9.17, 15) is 4.79 Å². The number of amides is 1. The van der Waals surface area contributed by atoms with Crippen molar-refractivity contribution in [2.45, 2.75) is 24.6 Å². The van der Waals surface area contributed by atoms with Crippen molar-refractivity contribution in [2.24, 2.45) is 0 Å². The molecule has 24 heavy (non-hydrogen) atoms. The quantitative estimate of drug-likeness (QED) is 0.856. The van der Waals surface area contributed by atoms with E-state index in [4.69, 9.17) is 4.74 Å². The number of hydrogen-bond acceptors (Lipinski definition) is 5. The molecule has 2 aromatic rings. The molecule has 2 aliphatic heterocycles. The highest BCUT2D eigenvalue weighted by Crippen LogP contribution is 2.42. The maximum atomic E-state index is 12.3. The fourth-order valence-electron chi connectivity index (χ4n) is 3.97. The van der Waals surface area contributed by atoms with E-state index in [-0.39, 0.29) is 24.2 Å². The second-order valence-corrected chi connectivity index (χ2v) is 7.23. The first-order chi connectivity index (χ1) is 11.7. The average Bonchev–Trinajstić information content (AvgIpc) is 3.12. The van der Waals surface area contributed by atoms with Crippen molar-refractivity contribution in [3.8, 4) is 0 Å². The number of benzene rings is 1. The van der Waals surface area contributed by atoms with E-state index in [1.54, 1.807) is 11.3 Å². The van der Waals surface area contributed by atoms with E-state index in [1.165, 1.54) is 5.56 Å². The summed E-state index contributed by atoms with van der Waals surface area (Å²) in [6.07, 6.45) is 0.851. The molecule has 126 valence electrons. The Morgan fingerprint density at radius 3 is 2.96 bits per heavy atom. The number of likely N-dealkylation sites (N-methyl/N-ethyl adjacent to an activating group) is 1. The number of rotatable bonds is 3.